The molecule has 31 heavy (non-hydrogen) atoms. The van der Waals surface area contributed by atoms with Gasteiger partial charge in [-0.3, -0.25) is 9.59 Å². The maximum Gasteiger partial charge on any atom is 0.252 e. The summed E-state index contributed by atoms with van der Waals surface area (Å²) in [7, 11) is 1.55. The molecule has 1 heterocycles. The van der Waals surface area contributed by atoms with Crippen LogP contribution in [0.25, 0.3) is 10.9 Å². The highest BCUT2D eigenvalue weighted by atomic mass is 16.5. The lowest BCUT2D eigenvalue weighted by molar-refractivity contribution is -0.118. The van der Waals surface area contributed by atoms with Crippen molar-refractivity contribution in [1.29, 1.82) is 0 Å². The number of hydrogen-bond acceptors (Lipinski definition) is 3. The fourth-order valence-corrected chi connectivity index (χ4v) is 3.55. The quantitative estimate of drug-likeness (QED) is 0.425. The van der Waals surface area contributed by atoms with E-state index < -0.39 is 6.04 Å². The van der Waals surface area contributed by atoms with Gasteiger partial charge in [0.2, 0.25) is 5.91 Å². The van der Waals surface area contributed by atoms with Gasteiger partial charge in [-0.2, -0.15) is 0 Å². The number of rotatable bonds is 7. The molecule has 4 aromatic rings. The maximum atomic E-state index is 13.2. The Morgan fingerprint density at radius 3 is 2.52 bits per heavy atom. The molecule has 6 heteroatoms. The number of aromatic nitrogens is 1. The number of anilines is 1. The minimum Gasteiger partial charge on any atom is -0.495 e. The molecule has 3 N–H and O–H groups in total. The van der Waals surface area contributed by atoms with Gasteiger partial charge in [-0.05, 0) is 35.9 Å². The van der Waals surface area contributed by atoms with Crippen molar-refractivity contribution in [1.82, 2.24) is 10.3 Å². The first-order chi connectivity index (χ1) is 15.2. The second-order valence-electron chi connectivity index (χ2n) is 7.15. The van der Waals surface area contributed by atoms with Gasteiger partial charge in [-0.1, -0.05) is 48.5 Å². The standard InChI is InChI=1S/C25H23N3O3/c1-31-23-13-6-5-11-21(23)27-25(30)22(16-17-8-3-2-4-9-17)28-24(29)19-10-7-12-20-18(19)14-15-26-20/h2-15,22,26H,16H2,1H3,(H,27,30)(H,28,29). The summed E-state index contributed by atoms with van der Waals surface area (Å²) in [4.78, 5) is 29.4. The SMILES string of the molecule is COc1ccccc1NC(=O)C(Cc1ccccc1)NC(=O)c1cccc2[nH]ccc12. The van der Waals surface area contributed by atoms with E-state index in [4.69, 9.17) is 4.74 Å². The molecule has 3 aromatic carbocycles. The van der Waals surface area contributed by atoms with Crippen LogP contribution in [0.5, 0.6) is 5.75 Å². The highest BCUT2D eigenvalue weighted by molar-refractivity contribution is 6.08. The smallest absolute Gasteiger partial charge is 0.252 e. The van der Waals surface area contributed by atoms with Crippen molar-refractivity contribution in [2.45, 2.75) is 12.5 Å². The van der Waals surface area contributed by atoms with Crippen LogP contribution < -0.4 is 15.4 Å². The van der Waals surface area contributed by atoms with Crippen molar-refractivity contribution in [2.75, 3.05) is 12.4 Å². The first-order valence-electron chi connectivity index (χ1n) is 10.0. The van der Waals surface area contributed by atoms with Gasteiger partial charge in [0.05, 0.1) is 12.8 Å². The van der Waals surface area contributed by atoms with Crippen molar-refractivity contribution in [3.63, 3.8) is 0 Å². The van der Waals surface area contributed by atoms with Crippen LogP contribution in [-0.2, 0) is 11.2 Å². The van der Waals surface area contributed by atoms with Gasteiger partial charge in [0.1, 0.15) is 11.8 Å². The first kappa shape index (κ1) is 20.2. The maximum absolute atomic E-state index is 13.2. The molecule has 0 aliphatic rings. The van der Waals surface area contributed by atoms with Gasteiger partial charge >= 0.3 is 0 Å². The number of ether oxygens (including phenoxy) is 1. The summed E-state index contributed by atoms with van der Waals surface area (Å²) < 4.78 is 5.33. The van der Waals surface area contributed by atoms with Crippen molar-refractivity contribution >= 4 is 28.4 Å². The molecule has 0 radical (unpaired) electrons. The monoisotopic (exact) mass is 413 g/mol. The first-order valence-corrected chi connectivity index (χ1v) is 10.0. The molecule has 0 aliphatic heterocycles. The number of carbonyl (C=O) groups is 2. The molecular weight excluding hydrogens is 390 g/mol. The normalized spacial score (nSPS) is 11.6. The zero-order valence-electron chi connectivity index (χ0n) is 17.1. The molecule has 0 fully saturated rings. The molecular formula is C25H23N3O3. The van der Waals surface area contributed by atoms with Crippen LogP contribution >= 0.6 is 0 Å². The average molecular weight is 413 g/mol. The number of para-hydroxylation sites is 2. The Morgan fingerprint density at radius 1 is 0.935 bits per heavy atom. The zero-order valence-corrected chi connectivity index (χ0v) is 17.1. The van der Waals surface area contributed by atoms with E-state index in [9.17, 15) is 9.59 Å². The second-order valence-corrected chi connectivity index (χ2v) is 7.15. The van der Waals surface area contributed by atoms with Crippen molar-refractivity contribution in [2.24, 2.45) is 0 Å². The number of H-pyrrole nitrogens is 1. The third-order valence-corrected chi connectivity index (χ3v) is 5.11. The highest BCUT2D eigenvalue weighted by Crippen LogP contribution is 2.23. The topological polar surface area (TPSA) is 83.2 Å². The molecule has 1 atom stereocenters. The van der Waals surface area contributed by atoms with Gasteiger partial charge in [0.15, 0.2) is 0 Å². The number of benzene rings is 3. The fraction of sp³-hybridized carbons (Fsp3) is 0.120. The lowest BCUT2D eigenvalue weighted by Gasteiger charge is -2.20. The van der Waals surface area contributed by atoms with Crippen LogP contribution in [0, 0.1) is 0 Å². The van der Waals surface area contributed by atoms with Crippen LogP contribution in [-0.4, -0.2) is 29.9 Å². The van der Waals surface area contributed by atoms with Crippen molar-refractivity contribution in [3.05, 3.63) is 96.2 Å². The van der Waals surface area contributed by atoms with E-state index in [1.54, 1.807) is 31.5 Å². The second kappa shape index (κ2) is 9.17. The van der Waals surface area contributed by atoms with Gasteiger partial charge in [0.25, 0.3) is 5.91 Å². The third-order valence-electron chi connectivity index (χ3n) is 5.11. The lowest BCUT2D eigenvalue weighted by atomic mass is 10.0. The Labute approximate surface area is 180 Å². The Kier molecular flexibility index (Phi) is 5.98. The summed E-state index contributed by atoms with van der Waals surface area (Å²) in [6.45, 7) is 0. The molecule has 0 spiro atoms. The number of methoxy groups -OCH3 is 1. The van der Waals surface area contributed by atoms with E-state index in [1.165, 1.54) is 0 Å². The molecule has 0 bridgehead atoms. The minimum atomic E-state index is -0.769. The lowest BCUT2D eigenvalue weighted by Crippen LogP contribution is -2.45. The van der Waals surface area contributed by atoms with Gasteiger partial charge in [-0.25, -0.2) is 0 Å². The van der Waals surface area contributed by atoms with E-state index in [-0.39, 0.29) is 11.8 Å². The summed E-state index contributed by atoms with van der Waals surface area (Å²) in [5.74, 6) is -0.0676. The van der Waals surface area contributed by atoms with Crippen LogP contribution in [0.2, 0.25) is 0 Å². The van der Waals surface area contributed by atoms with Gasteiger partial charge in [-0.15, -0.1) is 0 Å². The number of nitrogens with one attached hydrogen (secondary N) is 3. The Bertz CT molecular complexity index is 1200. The van der Waals surface area contributed by atoms with Crippen LogP contribution in [0.15, 0.2) is 85.1 Å². The molecule has 0 saturated heterocycles. The number of hydrogen-bond donors (Lipinski definition) is 3. The summed E-state index contributed by atoms with van der Waals surface area (Å²) >= 11 is 0. The Morgan fingerprint density at radius 2 is 1.71 bits per heavy atom. The molecule has 2 amide bonds. The molecule has 156 valence electrons. The van der Waals surface area contributed by atoms with Gasteiger partial charge in [0, 0.05) is 29.1 Å². The summed E-state index contributed by atoms with van der Waals surface area (Å²) in [5, 5.41) is 6.61. The Hall–Kier alpha value is -4.06. The predicted octanol–water partition coefficient (Wildman–Crippen LogP) is 4.16. The van der Waals surface area contributed by atoms with E-state index >= 15 is 0 Å². The number of carbonyl (C=O) groups excluding carboxylic acids is 2. The predicted molar refractivity (Wildman–Crippen MR) is 121 cm³/mol. The largest absolute Gasteiger partial charge is 0.495 e. The van der Waals surface area contributed by atoms with Crippen molar-refractivity contribution in [3.8, 4) is 5.75 Å². The number of fused-ring (bicyclic) bond motifs is 1. The minimum absolute atomic E-state index is 0.304. The molecule has 1 unspecified atom stereocenters. The van der Waals surface area contributed by atoms with Crippen LogP contribution in [0.4, 0.5) is 5.69 Å². The average Bonchev–Trinajstić information content (AvgIpc) is 3.28. The molecule has 4 rings (SSSR count). The van der Waals surface area contributed by atoms with Gasteiger partial charge < -0.3 is 20.4 Å². The molecule has 1 aromatic heterocycles. The van der Waals surface area contributed by atoms with Crippen molar-refractivity contribution < 1.29 is 14.3 Å². The highest BCUT2D eigenvalue weighted by Gasteiger charge is 2.24. The number of aromatic amines is 1. The van der Waals surface area contributed by atoms with E-state index in [0.29, 0.717) is 23.4 Å². The summed E-state index contributed by atoms with van der Waals surface area (Å²) in [6.07, 6.45) is 2.15. The molecule has 0 aliphatic carbocycles. The summed E-state index contributed by atoms with van der Waals surface area (Å²) in [6, 6.07) is 23.3. The summed E-state index contributed by atoms with van der Waals surface area (Å²) in [5.41, 5.74) is 2.88. The Balaban J connectivity index is 1.60. The van der Waals surface area contributed by atoms with E-state index in [2.05, 4.69) is 15.6 Å². The molecule has 6 nitrogen and oxygen atoms in total. The third kappa shape index (κ3) is 4.59. The van der Waals surface area contributed by atoms with E-state index in [0.717, 1.165) is 16.5 Å². The molecule has 0 saturated carbocycles. The van der Waals surface area contributed by atoms with Crippen LogP contribution in [0.3, 0.4) is 0 Å². The fourth-order valence-electron chi connectivity index (χ4n) is 3.55. The number of amides is 2. The van der Waals surface area contributed by atoms with Crippen LogP contribution in [0.1, 0.15) is 15.9 Å². The van der Waals surface area contributed by atoms with E-state index in [1.807, 2.05) is 60.7 Å². The zero-order chi connectivity index (χ0) is 21.6.